The number of benzene rings is 2. The minimum Gasteiger partial charge on any atom is -0.507 e. The summed E-state index contributed by atoms with van der Waals surface area (Å²) < 4.78 is 23.1. The van der Waals surface area contributed by atoms with Crippen LogP contribution < -0.4 is 14.9 Å². The minimum atomic E-state index is -1.69. The van der Waals surface area contributed by atoms with Gasteiger partial charge in [0.2, 0.25) is 11.7 Å². The zero-order chi connectivity index (χ0) is 30.2. The van der Waals surface area contributed by atoms with Gasteiger partial charge in [-0.05, 0) is 40.5 Å². The van der Waals surface area contributed by atoms with E-state index in [1.54, 1.807) is 0 Å². The molecule has 0 aliphatic carbocycles. The van der Waals surface area contributed by atoms with Gasteiger partial charge in [-0.2, -0.15) is 0 Å². The predicted octanol–water partition coefficient (Wildman–Crippen LogP) is 2.56. The Labute approximate surface area is 236 Å². The normalized spacial score (nSPS) is 22.5. The highest BCUT2D eigenvalue weighted by atomic mass is 16.7. The first-order chi connectivity index (χ1) is 19.4. The van der Waals surface area contributed by atoms with Gasteiger partial charge in [0.05, 0.1) is 19.1 Å². The Morgan fingerprint density at radius 2 is 1.51 bits per heavy atom. The molecular weight excluding hydrogens is 536 g/mol. The number of ether oxygens (including phenoxy) is 3. The molecule has 1 aromatic heterocycles. The van der Waals surface area contributed by atoms with Gasteiger partial charge in [0, 0.05) is 23.3 Å². The van der Waals surface area contributed by atoms with Crippen molar-refractivity contribution in [1.29, 1.82) is 0 Å². The molecule has 1 fully saturated rings. The van der Waals surface area contributed by atoms with Crippen LogP contribution in [-0.2, 0) is 17.6 Å². The lowest BCUT2D eigenvalue weighted by atomic mass is 9.98. The molecule has 3 aromatic rings. The molecule has 11 nitrogen and oxygen atoms in total. The van der Waals surface area contributed by atoms with Crippen molar-refractivity contribution >= 4 is 21.9 Å². The second kappa shape index (κ2) is 12.1. The average molecular weight is 573 g/mol. The molecule has 1 aliphatic rings. The summed E-state index contributed by atoms with van der Waals surface area (Å²) in [4.78, 5) is 14.0. The predicted molar refractivity (Wildman–Crippen MR) is 151 cm³/mol. The molecule has 4 rings (SSSR count). The monoisotopic (exact) mass is 572 g/mol. The van der Waals surface area contributed by atoms with Gasteiger partial charge >= 0.3 is 0 Å². The fourth-order valence-corrected chi connectivity index (χ4v) is 4.82. The number of hydrogen-bond acceptors (Lipinski definition) is 11. The number of methoxy groups -OCH3 is 1. The van der Waals surface area contributed by atoms with E-state index in [9.17, 15) is 35.4 Å². The van der Waals surface area contributed by atoms with Crippen LogP contribution in [0.2, 0.25) is 0 Å². The highest BCUT2D eigenvalue weighted by Gasteiger charge is 2.45. The first-order valence-electron chi connectivity index (χ1n) is 13.2. The third kappa shape index (κ3) is 5.77. The van der Waals surface area contributed by atoms with Gasteiger partial charge in [0.1, 0.15) is 52.5 Å². The maximum absolute atomic E-state index is 14.0. The van der Waals surface area contributed by atoms with Crippen LogP contribution in [0.4, 0.5) is 0 Å². The number of aliphatic hydroxyl groups excluding tert-OH is 4. The molecule has 0 amide bonds. The molecule has 2 heterocycles. The maximum atomic E-state index is 14.0. The van der Waals surface area contributed by atoms with E-state index in [2.05, 4.69) is 0 Å². The van der Waals surface area contributed by atoms with Crippen molar-refractivity contribution < 1.29 is 49.3 Å². The van der Waals surface area contributed by atoms with Gasteiger partial charge in [-0.1, -0.05) is 23.3 Å². The summed E-state index contributed by atoms with van der Waals surface area (Å²) in [5.41, 5.74) is 1.89. The van der Waals surface area contributed by atoms with Crippen molar-refractivity contribution in [2.45, 2.75) is 71.2 Å². The number of aromatic hydroxyl groups is 2. The first-order valence-corrected chi connectivity index (χ1v) is 13.2. The topological polar surface area (TPSA) is 179 Å². The second-order valence-corrected chi connectivity index (χ2v) is 10.6. The Morgan fingerprint density at radius 1 is 0.902 bits per heavy atom. The lowest BCUT2D eigenvalue weighted by Gasteiger charge is -2.39. The summed E-state index contributed by atoms with van der Waals surface area (Å²) in [6.45, 7) is 6.87. The highest BCUT2D eigenvalue weighted by molar-refractivity contribution is 5.97. The van der Waals surface area contributed by atoms with Crippen molar-refractivity contribution in [3.05, 3.63) is 56.8 Å². The van der Waals surface area contributed by atoms with Crippen LogP contribution in [0.5, 0.6) is 23.0 Å². The van der Waals surface area contributed by atoms with E-state index in [1.807, 2.05) is 39.8 Å². The summed E-state index contributed by atoms with van der Waals surface area (Å²) in [5.74, 6) is -0.535. The van der Waals surface area contributed by atoms with E-state index in [-0.39, 0.29) is 63.3 Å². The number of allylic oxidation sites excluding steroid dienone is 4. The molecular formula is C30H36O11. The molecule has 0 spiro atoms. The van der Waals surface area contributed by atoms with E-state index in [1.165, 1.54) is 19.2 Å². The van der Waals surface area contributed by atoms with Gasteiger partial charge in [0.15, 0.2) is 11.5 Å². The fraction of sp³-hybridized carbons (Fsp3) is 0.433. The van der Waals surface area contributed by atoms with Crippen LogP contribution in [0.15, 0.2) is 44.6 Å². The van der Waals surface area contributed by atoms with E-state index in [4.69, 9.17) is 18.6 Å². The third-order valence-corrected chi connectivity index (χ3v) is 7.05. The lowest BCUT2D eigenvalue weighted by Crippen LogP contribution is -2.60. The average Bonchev–Trinajstić information content (AvgIpc) is 2.91. The molecule has 0 radical (unpaired) electrons. The fourth-order valence-electron chi connectivity index (χ4n) is 4.82. The number of phenolic OH excluding ortho intramolecular Hbond substituents is 2. The zero-order valence-electron chi connectivity index (χ0n) is 23.5. The van der Waals surface area contributed by atoms with Crippen LogP contribution in [0.25, 0.3) is 21.9 Å². The van der Waals surface area contributed by atoms with Crippen LogP contribution >= 0.6 is 0 Å². The van der Waals surface area contributed by atoms with E-state index < -0.39 is 42.7 Å². The van der Waals surface area contributed by atoms with E-state index in [0.29, 0.717) is 5.56 Å². The summed E-state index contributed by atoms with van der Waals surface area (Å²) in [6, 6.07) is 2.61. The van der Waals surface area contributed by atoms with Crippen molar-refractivity contribution in [3.63, 3.8) is 0 Å². The number of fused-ring (bicyclic) bond motifs is 2. The van der Waals surface area contributed by atoms with Crippen molar-refractivity contribution in [2.24, 2.45) is 0 Å². The molecule has 6 N–H and O–H groups in total. The molecule has 2 unspecified atom stereocenters. The molecule has 222 valence electrons. The van der Waals surface area contributed by atoms with E-state index in [0.717, 1.165) is 11.1 Å². The zero-order valence-corrected chi connectivity index (χ0v) is 23.5. The van der Waals surface area contributed by atoms with E-state index >= 15 is 0 Å². The number of aliphatic hydroxyl groups is 4. The van der Waals surface area contributed by atoms with Crippen LogP contribution in [0, 0.1) is 0 Å². The largest absolute Gasteiger partial charge is 0.507 e. The molecule has 1 saturated heterocycles. The Bertz CT molecular complexity index is 1560. The van der Waals surface area contributed by atoms with Crippen molar-refractivity contribution in [3.8, 4) is 23.0 Å². The van der Waals surface area contributed by atoms with Gasteiger partial charge in [-0.25, -0.2) is 0 Å². The number of hydrogen-bond donors (Lipinski definition) is 6. The summed E-state index contributed by atoms with van der Waals surface area (Å²) in [6.07, 6.45) is -3.59. The molecule has 0 saturated carbocycles. The van der Waals surface area contributed by atoms with Crippen LogP contribution in [0.3, 0.4) is 0 Å². The lowest BCUT2D eigenvalue weighted by molar-refractivity contribution is -0.277. The third-order valence-electron chi connectivity index (χ3n) is 7.05. The molecule has 0 bridgehead atoms. The molecule has 41 heavy (non-hydrogen) atoms. The van der Waals surface area contributed by atoms with Gasteiger partial charge in [0.25, 0.3) is 0 Å². The van der Waals surface area contributed by atoms with Crippen molar-refractivity contribution in [2.75, 3.05) is 13.7 Å². The van der Waals surface area contributed by atoms with Crippen LogP contribution in [-0.4, -0.2) is 75.1 Å². The number of phenols is 2. The Kier molecular flexibility index (Phi) is 8.95. The summed E-state index contributed by atoms with van der Waals surface area (Å²) in [5, 5.41) is 62.2. The van der Waals surface area contributed by atoms with Crippen LogP contribution in [0.1, 0.15) is 38.8 Å². The maximum Gasteiger partial charge on any atom is 0.229 e. The smallest absolute Gasteiger partial charge is 0.229 e. The Morgan fingerprint density at radius 3 is 2.10 bits per heavy atom. The second-order valence-electron chi connectivity index (χ2n) is 10.6. The molecule has 1 aliphatic heterocycles. The first kappa shape index (κ1) is 30.4. The SMILES string of the molecule is COc1c(O[C@@H]2OC(CO)[C@H](O)[C@H](O)C2O)cc2oc3cc(O)c(CC=C(C)C)c(O)c3c(=O)c2c1CC=C(C)C. The summed E-state index contributed by atoms with van der Waals surface area (Å²) >= 11 is 0. The molecule has 11 heteroatoms. The molecule has 5 atom stereocenters. The quantitative estimate of drug-likeness (QED) is 0.173. The summed E-state index contributed by atoms with van der Waals surface area (Å²) in [7, 11) is 1.36. The number of rotatable bonds is 8. The van der Waals surface area contributed by atoms with Gasteiger partial charge < -0.3 is 49.3 Å². The van der Waals surface area contributed by atoms with Gasteiger partial charge in [-0.15, -0.1) is 0 Å². The minimum absolute atomic E-state index is 0.0161. The molecule has 2 aromatic carbocycles. The Balaban J connectivity index is 1.97. The highest BCUT2D eigenvalue weighted by Crippen LogP contribution is 2.42. The van der Waals surface area contributed by atoms with Crippen molar-refractivity contribution in [1.82, 2.24) is 0 Å². The standard InChI is InChI=1S/C30H36O11/c1-13(2)6-8-15-17(32)10-18-23(24(15)33)26(35)22-16(9-7-14(3)4)29(38-5)20(11-19(22)39-18)40-30-28(37)27(36)25(34)21(12-31)41-30/h6-7,10-11,21,25,27-28,30-34,36-37H,8-9,12H2,1-5H3/t21?,25-,27-,28?,30+/m0/s1. The van der Waals surface area contributed by atoms with Gasteiger partial charge in [-0.3, -0.25) is 4.79 Å². The Hall–Kier alpha value is -3.61.